The lowest BCUT2D eigenvalue weighted by atomic mass is 10.1. The average molecular weight is 228 g/mol. The van der Waals surface area contributed by atoms with E-state index in [2.05, 4.69) is 38.0 Å². The van der Waals surface area contributed by atoms with E-state index < -0.39 is 0 Å². The second kappa shape index (κ2) is 6.41. The van der Waals surface area contributed by atoms with Crippen LogP contribution in [-0.2, 0) is 0 Å². The van der Waals surface area contributed by atoms with Crippen molar-refractivity contribution in [1.29, 1.82) is 0 Å². The summed E-state index contributed by atoms with van der Waals surface area (Å²) in [7, 11) is 0. The number of nitrogens with zero attached hydrogens (tertiary/aromatic N) is 1. The Morgan fingerprint density at radius 3 is 2.87 bits per heavy atom. The Balaban J connectivity index is 2.36. The van der Waals surface area contributed by atoms with E-state index in [-0.39, 0.29) is 0 Å². The van der Waals surface area contributed by atoms with Gasteiger partial charge in [0.25, 0.3) is 0 Å². The van der Waals surface area contributed by atoms with Crippen LogP contribution in [0.5, 0.6) is 0 Å². The maximum Gasteiger partial charge on any atom is 0.157 e. The first-order valence-electron chi connectivity index (χ1n) is 6.12. The molecule has 0 fully saturated rings. The Kier molecular flexibility index (Phi) is 5.51. The van der Waals surface area contributed by atoms with Crippen molar-refractivity contribution < 1.29 is 0 Å². The number of aliphatic imine (C=N–C) groups is 1. The summed E-state index contributed by atoms with van der Waals surface area (Å²) in [5.74, 6) is 0. The van der Waals surface area contributed by atoms with Crippen LogP contribution in [0.15, 0.2) is 4.99 Å². The van der Waals surface area contributed by atoms with Crippen molar-refractivity contribution in [3.63, 3.8) is 0 Å². The molecule has 0 saturated carbocycles. The van der Waals surface area contributed by atoms with Gasteiger partial charge in [-0.1, -0.05) is 38.5 Å². The van der Waals surface area contributed by atoms with E-state index in [0.717, 1.165) is 5.17 Å². The van der Waals surface area contributed by atoms with E-state index in [4.69, 9.17) is 0 Å². The first-order chi connectivity index (χ1) is 7.11. The Labute approximate surface area is 98.3 Å². The normalized spacial score (nSPS) is 28.4. The zero-order valence-electron chi connectivity index (χ0n) is 10.4. The van der Waals surface area contributed by atoms with Crippen LogP contribution >= 0.6 is 11.8 Å². The zero-order valence-corrected chi connectivity index (χ0v) is 11.2. The fraction of sp³-hybridized carbons (Fsp3) is 0.917. The van der Waals surface area contributed by atoms with Gasteiger partial charge in [0, 0.05) is 11.3 Å². The molecule has 88 valence electrons. The second-order valence-corrected chi connectivity index (χ2v) is 6.06. The monoisotopic (exact) mass is 228 g/mol. The second-order valence-electron chi connectivity index (χ2n) is 4.64. The average Bonchev–Trinajstić information content (AvgIpc) is 2.13. The minimum Gasteiger partial charge on any atom is -0.362 e. The van der Waals surface area contributed by atoms with Crippen LogP contribution in [0.3, 0.4) is 0 Å². The highest BCUT2D eigenvalue weighted by Crippen LogP contribution is 2.24. The van der Waals surface area contributed by atoms with E-state index in [0.29, 0.717) is 17.3 Å². The molecule has 1 aliphatic heterocycles. The highest BCUT2D eigenvalue weighted by Gasteiger charge is 2.19. The quantitative estimate of drug-likeness (QED) is 0.797. The van der Waals surface area contributed by atoms with Gasteiger partial charge in [0.2, 0.25) is 0 Å². The van der Waals surface area contributed by atoms with Crippen molar-refractivity contribution in [3.8, 4) is 0 Å². The lowest BCUT2D eigenvalue weighted by Gasteiger charge is -2.25. The Morgan fingerprint density at radius 1 is 1.53 bits per heavy atom. The van der Waals surface area contributed by atoms with Gasteiger partial charge in [-0.2, -0.15) is 0 Å². The molecule has 0 aliphatic carbocycles. The number of hydrogen-bond acceptors (Lipinski definition) is 3. The van der Waals surface area contributed by atoms with E-state index in [1.165, 1.54) is 25.7 Å². The lowest BCUT2D eigenvalue weighted by Crippen LogP contribution is -2.34. The predicted molar refractivity (Wildman–Crippen MR) is 70.7 cm³/mol. The molecule has 1 N–H and O–H groups in total. The van der Waals surface area contributed by atoms with Crippen molar-refractivity contribution in [2.24, 2.45) is 4.99 Å². The fourth-order valence-corrected chi connectivity index (χ4v) is 3.13. The summed E-state index contributed by atoms with van der Waals surface area (Å²) in [6.07, 6.45) is 5.04. The zero-order chi connectivity index (χ0) is 11.3. The van der Waals surface area contributed by atoms with E-state index >= 15 is 0 Å². The molecule has 0 saturated heterocycles. The number of rotatable bonds is 4. The summed E-state index contributed by atoms with van der Waals surface area (Å²) >= 11 is 1.89. The Hall–Kier alpha value is -0.180. The topological polar surface area (TPSA) is 24.4 Å². The third kappa shape index (κ3) is 4.92. The first kappa shape index (κ1) is 12.9. The number of thioether (sulfide) groups is 1. The molecule has 0 bridgehead atoms. The van der Waals surface area contributed by atoms with Crippen molar-refractivity contribution in [3.05, 3.63) is 0 Å². The molecule has 3 heteroatoms. The van der Waals surface area contributed by atoms with Gasteiger partial charge in [-0.05, 0) is 26.7 Å². The number of unbranched alkanes of at least 4 members (excludes halogenated alkanes) is 1. The van der Waals surface area contributed by atoms with E-state index in [1.54, 1.807) is 0 Å². The van der Waals surface area contributed by atoms with Crippen LogP contribution in [-0.4, -0.2) is 22.5 Å². The SMILES string of the molecule is CCCCC(C)NC1=NC(C)CC(C)S1. The third-order valence-electron chi connectivity index (χ3n) is 2.68. The predicted octanol–water partition coefficient (Wildman–Crippen LogP) is 3.42. The standard InChI is InChI=1S/C12H24N2S/c1-5-6-7-9(2)13-12-14-10(3)8-11(4)15-12/h9-11H,5-8H2,1-4H3,(H,13,14). The van der Waals surface area contributed by atoms with E-state index in [1.807, 2.05) is 11.8 Å². The number of amidine groups is 1. The molecule has 2 nitrogen and oxygen atoms in total. The van der Waals surface area contributed by atoms with Crippen molar-refractivity contribution in [1.82, 2.24) is 5.32 Å². The van der Waals surface area contributed by atoms with Gasteiger partial charge in [-0.3, -0.25) is 4.99 Å². The largest absolute Gasteiger partial charge is 0.362 e. The molecule has 0 amide bonds. The fourth-order valence-electron chi connectivity index (χ4n) is 1.87. The summed E-state index contributed by atoms with van der Waals surface area (Å²) < 4.78 is 0. The first-order valence-corrected chi connectivity index (χ1v) is 7.00. The minimum absolute atomic E-state index is 0.488. The summed E-state index contributed by atoms with van der Waals surface area (Å²) in [4.78, 5) is 4.65. The maximum absolute atomic E-state index is 4.65. The summed E-state index contributed by atoms with van der Waals surface area (Å²) in [6.45, 7) is 8.98. The molecule has 15 heavy (non-hydrogen) atoms. The van der Waals surface area contributed by atoms with Gasteiger partial charge in [0.05, 0.1) is 6.04 Å². The van der Waals surface area contributed by atoms with Crippen molar-refractivity contribution in [2.75, 3.05) is 0 Å². The third-order valence-corrected chi connectivity index (χ3v) is 3.73. The number of nitrogens with one attached hydrogen (secondary N) is 1. The van der Waals surface area contributed by atoms with Crippen LogP contribution < -0.4 is 5.32 Å². The van der Waals surface area contributed by atoms with Crippen LogP contribution in [0.4, 0.5) is 0 Å². The van der Waals surface area contributed by atoms with E-state index in [9.17, 15) is 0 Å². The molecule has 0 radical (unpaired) electrons. The van der Waals surface area contributed by atoms with Crippen molar-refractivity contribution >= 4 is 16.9 Å². The van der Waals surface area contributed by atoms with Crippen LogP contribution in [0.2, 0.25) is 0 Å². The molecule has 0 aromatic carbocycles. The summed E-state index contributed by atoms with van der Waals surface area (Å²) in [5.41, 5.74) is 0. The Morgan fingerprint density at radius 2 is 2.27 bits per heavy atom. The maximum atomic E-state index is 4.65. The van der Waals surface area contributed by atoms with Crippen LogP contribution in [0, 0.1) is 0 Å². The molecular weight excluding hydrogens is 204 g/mol. The molecule has 0 aromatic rings. The summed E-state index contributed by atoms with van der Waals surface area (Å²) in [5, 5.41) is 5.39. The molecule has 0 aromatic heterocycles. The van der Waals surface area contributed by atoms with Crippen LogP contribution in [0.1, 0.15) is 53.4 Å². The highest BCUT2D eigenvalue weighted by molar-refractivity contribution is 8.14. The van der Waals surface area contributed by atoms with Gasteiger partial charge in [0.1, 0.15) is 0 Å². The van der Waals surface area contributed by atoms with Gasteiger partial charge in [-0.15, -0.1) is 0 Å². The van der Waals surface area contributed by atoms with Gasteiger partial charge < -0.3 is 5.32 Å². The molecular formula is C12H24N2S. The highest BCUT2D eigenvalue weighted by atomic mass is 32.2. The van der Waals surface area contributed by atoms with Gasteiger partial charge >= 0.3 is 0 Å². The number of hydrogen-bond donors (Lipinski definition) is 1. The molecule has 1 rings (SSSR count). The molecule has 1 aliphatic rings. The lowest BCUT2D eigenvalue weighted by molar-refractivity contribution is 0.567. The smallest absolute Gasteiger partial charge is 0.157 e. The molecule has 3 atom stereocenters. The minimum atomic E-state index is 0.488. The molecule has 3 unspecified atom stereocenters. The van der Waals surface area contributed by atoms with Gasteiger partial charge in [0.15, 0.2) is 5.17 Å². The summed E-state index contributed by atoms with van der Waals surface area (Å²) in [6, 6.07) is 1.05. The van der Waals surface area contributed by atoms with Crippen molar-refractivity contribution in [2.45, 2.75) is 70.7 Å². The Bertz CT molecular complexity index is 216. The van der Waals surface area contributed by atoms with Gasteiger partial charge in [-0.25, -0.2) is 0 Å². The molecule has 0 spiro atoms. The molecule has 1 heterocycles. The van der Waals surface area contributed by atoms with Crippen LogP contribution in [0.25, 0.3) is 0 Å².